The highest BCUT2D eigenvalue weighted by atomic mass is 32.2. The molecule has 0 rings (SSSR count). The second-order valence-corrected chi connectivity index (χ2v) is 6.97. The molecule has 5 heteroatoms. The van der Waals surface area contributed by atoms with Crippen LogP contribution in [-0.2, 0) is 14.6 Å². The molecule has 0 spiro atoms. The fourth-order valence-electron chi connectivity index (χ4n) is 1.52. The first kappa shape index (κ1) is 15.9. The molecule has 0 aromatic carbocycles. The summed E-state index contributed by atoms with van der Waals surface area (Å²) in [4.78, 5) is 0. The van der Waals surface area contributed by atoms with Crippen LogP contribution in [0.5, 0.6) is 0 Å². The highest BCUT2D eigenvalue weighted by Gasteiger charge is 2.19. The van der Waals surface area contributed by atoms with Gasteiger partial charge in [-0.25, -0.2) is 8.42 Å². The molecule has 2 atom stereocenters. The summed E-state index contributed by atoms with van der Waals surface area (Å²) in [5, 5.41) is 3.30. The summed E-state index contributed by atoms with van der Waals surface area (Å²) < 4.78 is 28.0. The van der Waals surface area contributed by atoms with E-state index in [1.165, 1.54) is 0 Å². The van der Waals surface area contributed by atoms with E-state index in [-0.39, 0.29) is 23.6 Å². The summed E-state index contributed by atoms with van der Waals surface area (Å²) in [7, 11) is -1.25. The van der Waals surface area contributed by atoms with Gasteiger partial charge in [-0.15, -0.1) is 0 Å². The molecule has 16 heavy (non-hydrogen) atoms. The van der Waals surface area contributed by atoms with Crippen molar-refractivity contribution in [2.24, 2.45) is 5.92 Å². The second kappa shape index (κ2) is 7.25. The van der Waals surface area contributed by atoms with Gasteiger partial charge in [-0.05, 0) is 12.8 Å². The molecule has 0 amide bonds. The van der Waals surface area contributed by atoms with Crippen LogP contribution in [0.15, 0.2) is 0 Å². The van der Waals surface area contributed by atoms with Crippen molar-refractivity contribution in [2.45, 2.75) is 39.8 Å². The maximum absolute atomic E-state index is 11.4. The minimum Gasteiger partial charge on any atom is -0.383 e. The van der Waals surface area contributed by atoms with Crippen molar-refractivity contribution in [3.8, 4) is 0 Å². The molecule has 2 unspecified atom stereocenters. The molecule has 4 nitrogen and oxygen atoms in total. The molecule has 0 aromatic rings. The average molecular weight is 251 g/mol. The molecule has 0 aliphatic carbocycles. The predicted octanol–water partition coefficient (Wildman–Crippen LogP) is 1.07. The summed E-state index contributed by atoms with van der Waals surface area (Å²) >= 11 is 0. The van der Waals surface area contributed by atoms with Crippen LogP contribution >= 0.6 is 0 Å². The Kier molecular flexibility index (Phi) is 7.19. The summed E-state index contributed by atoms with van der Waals surface area (Å²) in [5.74, 6) is 0.818. The standard InChI is InChI=1S/C11H25NO3S/c1-6-16(13,14)8-10(4)12-11(7-15-5)9(2)3/h9-12H,6-8H2,1-5H3. The zero-order valence-corrected chi connectivity index (χ0v) is 11.8. The van der Waals surface area contributed by atoms with E-state index in [4.69, 9.17) is 4.74 Å². The summed E-state index contributed by atoms with van der Waals surface area (Å²) in [5.41, 5.74) is 0. The molecule has 0 aliphatic heterocycles. The van der Waals surface area contributed by atoms with Gasteiger partial charge in [-0.2, -0.15) is 0 Å². The number of hydrogen-bond acceptors (Lipinski definition) is 4. The van der Waals surface area contributed by atoms with Gasteiger partial charge < -0.3 is 10.1 Å². The Bertz CT molecular complexity index is 275. The second-order valence-electron chi connectivity index (χ2n) is 4.57. The fraction of sp³-hybridized carbons (Fsp3) is 1.00. The minimum atomic E-state index is -2.91. The molecule has 1 N–H and O–H groups in total. The van der Waals surface area contributed by atoms with Crippen molar-refractivity contribution in [3.05, 3.63) is 0 Å². The third-order valence-electron chi connectivity index (χ3n) is 2.59. The zero-order valence-electron chi connectivity index (χ0n) is 11.0. The molecular weight excluding hydrogens is 226 g/mol. The Hall–Kier alpha value is -0.130. The lowest BCUT2D eigenvalue weighted by atomic mass is 10.0. The lowest BCUT2D eigenvalue weighted by Crippen LogP contribution is -2.45. The summed E-state index contributed by atoms with van der Waals surface area (Å²) in [6.07, 6.45) is 0. The number of ether oxygens (including phenoxy) is 1. The van der Waals surface area contributed by atoms with Gasteiger partial charge in [0.15, 0.2) is 9.84 Å². The van der Waals surface area contributed by atoms with Crippen molar-refractivity contribution in [1.82, 2.24) is 5.32 Å². The average Bonchev–Trinajstić information content (AvgIpc) is 2.16. The molecule has 0 aromatic heterocycles. The van der Waals surface area contributed by atoms with Gasteiger partial charge >= 0.3 is 0 Å². The van der Waals surface area contributed by atoms with Crippen LogP contribution in [0.25, 0.3) is 0 Å². The first-order valence-electron chi connectivity index (χ1n) is 5.77. The maximum Gasteiger partial charge on any atom is 0.151 e. The largest absolute Gasteiger partial charge is 0.383 e. The zero-order chi connectivity index (χ0) is 12.8. The quantitative estimate of drug-likeness (QED) is 0.701. The molecule has 0 bridgehead atoms. The lowest BCUT2D eigenvalue weighted by Gasteiger charge is -2.25. The van der Waals surface area contributed by atoms with Gasteiger partial charge in [0, 0.05) is 24.9 Å². The van der Waals surface area contributed by atoms with E-state index in [1.807, 2.05) is 6.92 Å². The van der Waals surface area contributed by atoms with E-state index in [9.17, 15) is 8.42 Å². The van der Waals surface area contributed by atoms with E-state index in [1.54, 1.807) is 14.0 Å². The maximum atomic E-state index is 11.4. The Morgan fingerprint density at radius 3 is 2.19 bits per heavy atom. The molecular formula is C11H25NO3S. The molecule has 98 valence electrons. The third-order valence-corrected chi connectivity index (χ3v) is 4.48. The molecule has 0 saturated carbocycles. The molecule has 0 radical (unpaired) electrons. The van der Waals surface area contributed by atoms with E-state index < -0.39 is 9.84 Å². The lowest BCUT2D eigenvalue weighted by molar-refractivity contribution is 0.143. The van der Waals surface area contributed by atoms with Gasteiger partial charge in [0.25, 0.3) is 0 Å². The van der Waals surface area contributed by atoms with Gasteiger partial charge in [0.05, 0.1) is 12.4 Å². The van der Waals surface area contributed by atoms with Crippen LogP contribution in [0.2, 0.25) is 0 Å². The van der Waals surface area contributed by atoms with E-state index in [2.05, 4.69) is 19.2 Å². The first-order valence-corrected chi connectivity index (χ1v) is 7.60. The Balaban J connectivity index is 4.25. The van der Waals surface area contributed by atoms with Gasteiger partial charge in [0.1, 0.15) is 0 Å². The van der Waals surface area contributed by atoms with Gasteiger partial charge in [-0.1, -0.05) is 20.8 Å². The molecule has 0 fully saturated rings. The van der Waals surface area contributed by atoms with E-state index >= 15 is 0 Å². The number of hydrogen-bond donors (Lipinski definition) is 1. The van der Waals surface area contributed by atoms with Crippen LogP contribution in [0, 0.1) is 5.92 Å². The molecule has 0 heterocycles. The summed E-state index contributed by atoms with van der Waals surface area (Å²) in [6, 6.07) is 0.166. The first-order chi connectivity index (χ1) is 7.32. The van der Waals surface area contributed by atoms with Crippen molar-refractivity contribution in [2.75, 3.05) is 25.2 Å². The van der Waals surface area contributed by atoms with Crippen LogP contribution in [0.4, 0.5) is 0 Å². The van der Waals surface area contributed by atoms with Crippen LogP contribution in [0.1, 0.15) is 27.7 Å². The smallest absolute Gasteiger partial charge is 0.151 e. The Labute approximate surface area is 99.7 Å². The van der Waals surface area contributed by atoms with Crippen molar-refractivity contribution < 1.29 is 13.2 Å². The Morgan fingerprint density at radius 2 is 1.81 bits per heavy atom. The van der Waals surface area contributed by atoms with Crippen molar-refractivity contribution >= 4 is 9.84 Å². The number of methoxy groups -OCH3 is 1. The van der Waals surface area contributed by atoms with Gasteiger partial charge in [-0.3, -0.25) is 0 Å². The SMILES string of the molecule is CCS(=O)(=O)CC(C)NC(COC)C(C)C. The normalized spacial score (nSPS) is 16.4. The molecule has 0 saturated heterocycles. The predicted molar refractivity (Wildman–Crippen MR) is 67.4 cm³/mol. The minimum absolute atomic E-state index is 0.0347. The molecule has 0 aliphatic rings. The van der Waals surface area contributed by atoms with Crippen molar-refractivity contribution in [3.63, 3.8) is 0 Å². The highest BCUT2D eigenvalue weighted by Crippen LogP contribution is 2.04. The monoisotopic (exact) mass is 251 g/mol. The summed E-state index contributed by atoms with van der Waals surface area (Å²) in [6.45, 7) is 8.37. The van der Waals surface area contributed by atoms with Crippen LogP contribution in [-0.4, -0.2) is 45.7 Å². The number of nitrogens with one attached hydrogen (secondary N) is 1. The van der Waals surface area contributed by atoms with Gasteiger partial charge in [0.2, 0.25) is 0 Å². The highest BCUT2D eigenvalue weighted by molar-refractivity contribution is 7.91. The number of sulfone groups is 1. The third kappa shape index (κ3) is 6.45. The fourth-order valence-corrected chi connectivity index (χ4v) is 2.62. The topological polar surface area (TPSA) is 55.4 Å². The van der Waals surface area contributed by atoms with Crippen molar-refractivity contribution in [1.29, 1.82) is 0 Å². The van der Waals surface area contributed by atoms with Crippen LogP contribution in [0.3, 0.4) is 0 Å². The van der Waals surface area contributed by atoms with E-state index in [0.717, 1.165) is 0 Å². The Morgan fingerprint density at radius 1 is 1.25 bits per heavy atom. The number of rotatable bonds is 8. The van der Waals surface area contributed by atoms with Crippen LogP contribution < -0.4 is 5.32 Å². The van der Waals surface area contributed by atoms with E-state index in [0.29, 0.717) is 12.5 Å².